The molecule has 1 heterocycles. The van der Waals surface area contributed by atoms with Gasteiger partial charge in [0.25, 0.3) is 0 Å². The lowest BCUT2D eigenvalue weighted by Gasteiger charge is -2.41. The second-order valence-electron chi connectivity index (χ2n) is 22.8. The Labute approximate surface area is 507 Å². The summed E-state index contributed by atoms with van der Waals surface area (Å²) in [4.78, 5) is 26.6. The summed E-state index contributed by atoms with van der Waals surface area (Å²) in [5.41, 5.74) is 0. The van der Waals surface area contributed by atoms with E-state index in [-0.39, 0.29) is 19.4 Å². The molecule has 0 aromatic rings. The quantitative estimate of drug-likeness (QED) is 0.0195. The van der Waals surface area contributed by atoms with E-state index >= 15 is 0 Å². The summed E-state index contributed by atoms with van der Waals surface area (Å²) in [7, 11) is 0. The average Bonchev–Trinajstić information content (AvgIpc) is 3.58. The number of carbonyl (C=O) groups excluding carboxylic acids is 2. The van der Waals surface area contributed by atoms with Crippen LogP contribution in [0.2, 0.25) is 0 Å². The molecular formula is C72H123NO10. The maximum absolute atomic E-state index is 13.5. The first-order valence-electron chi connectivity index (χ1n) is 33.7. The number of hydrogen-bond acceptors (Lipinski definition) is 10. The van der Waals surface area contributed by atoms with Gasteiger partial charge in [0.1, 0.15) is 24.4 Å². The van der Waals surface area contributed by atoms with Crippen molar-refractivity contribution in [2.75, 3.05) is 13.2 Å². The van der Waals surface area contributed by atoms with Crippen molar-refractivity contribution in [1.82, 2.24) is 5.32 Å². The van der Waals surface area contributed by atoms with E-state index in [1.165, 1.54) is 128 Å². The van der Waals surface area contributed by atoms with E-state index in [1.807, 2.05) is 18.2 Å². The minimum atomic E-state index is -1.64. The molecule has 0 aromatic heterocycles. The molecule has 0 spiro atoms. The van der Waals surface area contributed by atoms with Crippen molar-refractivity contribution >= 4 is 11.9 Å². The second-order valence-corrected chi connectivity index (χ2v) is 22.8. The summed E-state index contributed by atoms with van der Waals surface area (Å²) < 4.78 is 17.6. The van der Waals surface area contributed by atoms with Crippen molar-refractivity contribution in [2.24, 2.45) is 0 Å². The Morgan fingerprint density at radius 3 is 1.33 bits per heavy atom. The van der Waals surface area contributed by atoms with Crippen LogP contribution in [-0.2, 0) is 23.8 Å². The molecule has 1 aliphatic heterocycles. The molecule has 11 heteroatoms. The molecular weight excluding hydrogens is 1040 g/mol. The van der Waals surface area contributed by atoms with Gasteiger partial charge < -0.3 is 45.1 Å². The van der Waals surface area contributed by atoms with Gasteiger partial charge in [0, 0.05) is 6.42 Å². The predicted octanol–water partition coefficient (Wildman–Crippen LogP) is 16.8. The molecule has 0 saturated carbocycles. The zero-order chi connectivity index (χ0) is 60.3. The number of aliphatic hydroxyl groups is 5. The van der Waals surface area contributed by atoms with Crippen LogP contribution in [0.3, 0.4) is 0 Å². The molecule has 1 saturated heterocycles. The van der Waals surface area contributed by atoms with Gasteiger partial charge in [-0.15, -0.1) is 0 Å². The van der Waals surface area contributed by atoms with Gasteiger partial charge in [-0.1, -0.05) is 271 Å². The van der Waals surface area contributed by atoms with Crippen LogP contribution in [0, 0.1) is 0 Å². The molecule has 0 radical (unpaired) electrons. The van der Waals surface area contributed by atoms with Gasteiger partial charge in [0.05, 0.1) is 25.4 Å². The number of carbonyl (C=O) groups is 2. The van der Waals surface area contributed by atoms with Gasteiger partial charge in [0.15, 0.2) is 12.4 Å². The molecule has 1 aliphatic rings. The molecule has 0 aliphatic carbocycles. The molecule has 1 amide bonds. The third-order valence-corrected chi connectivity index (χ3v) is 15.2. The number of rotatable bonds is 56. The third-order valence-electron chi connectivity index (χ3n) is 15.2. The number of hydrogen-bond donors (Lipinski definition) is 6. The van der Waals surface area contributed by atoms with E-state index in [4.69, 9.17) is 14.2 Å². The van der Waals surface area contributed by atoms with Crippen molar-refractivity contribution in [3.63, 3.8) is 0 Å². The molecule has 476 valence electrons. The first-order chi connectivity index (χ1) is 40.7. The molecule has 6 N–H and O–H groups in total. The first kappa shape index (κ1) is 77.3. The van der Waals surface area contributed by atoms with Crippen LogP contribution in [0.4, 0.5) is 0 Å². The van der Waals surface area contributed by atoms with Crippen LogP contribution >= 0.6 is 0 Å². The number of unbranched alkanes of at least 4 members (excludes halogenated alkanes) is 26. The molecule has 0 bridgehead atoms. The van der Waals surface area contributed by atoms with Crippen LogP contribution < -0.4 is 5.32 Å². The fourth-order valence-corrected chi connectivity index (χ4v) is 9.87. The van der Waals surface area contributed by atoms with Gasteiger partial charge in [-0.2, -0.15) is 0 Å². The maximum Gasteiger partial charge on any atom is 0.306 e. The Bertz CT molecular complexity index is 1770. The van der Waals surface area contributed by atoms with E-state index < -0.39 is 67.4 Å². The van der Waals surface area contributed by atoms with Crippen LogP contribution in [-0.4, -0.2) is 99.6 Å². The zero-order valence-corrected chi connectivity index (χ0v) is 52.8. The largest absolute Gasteiger partial charge is 0.454 e. The zero-order valence-electron chi connectivity index (χ0n) is 52.8. The molecule has 83 heavy (non-hydrogen) atoms. The molecule has 8 unspecified atom stereocenters. The topological polar surface area (TPSA) is 175 Å². The maximum atomic E-state index is 13.5. The Morgan fingerprint density at radius 2 is 0.867 bits per heavy atom. The second kappa shape index (κ2) is 58.7. The smallest absolute Gasteiger partial charge is 0.306 e. The highest BCUT2D eigenvalue weighted by Gasteiger charge is 2.47. The molecule has 11 nitrogen and oxygen atoms in total. The number of nitrogens with one attached hydrogen (secondary N) is 1. The minimum absolute atomic E-state index is 0.0405. The highest BCUT2D eigenvalue weighted by atomic mass is 16.7. The van der Waals surface area contributed by atoms with Gasteiger partial charge in [-0.25, -0.2) is 0 Å². The van der Waals surface area contributed by atoms with Crippen LogP contribution in [0.5, 0.6) is 0 Å². The summed E-state index contributed by atoms with van der Waals surface area (Å²) in [6.45, 7) is 5.63. The van der Waals surface area contributed by atoms with Gasteiger partial charge >= 0.3 is 5.97 Å². The number of aliphatic hydroxyl groups excluding tert-OH is 5. The van der Waals surface area contributed by atoms with Gasteiger partial charge in [0.2, 0.25) is 5.91 Å². The van der Waals surface area contributed by atoms with Gasteiger partial charge in [-0.05, 0) is 103 Å². The number of esters is 1. The van der Waals surface area contributed by atoms with E-state index in [1.54, 1.807) is 6.08 Å². The van der Waals surface area contributed by atoms with Crippen molar-refractivity contribution in [1.29, 1.82) is 0 Å². The van der Waals surface area contributed by atoms with Crippen molar-refractivity contribution in [3.05, 3.63) is 109 Å². The highest BCUT2D eigenvalue weighted by molar-refractivity contribution is 5.80. The normalized spacial score (nSPS) is 19.3. The fraction of sp³-hybridized carbons (Fsp3) is 0.722. The monoisotopic (exact) mass is 1160 g/mol. The third kappa shape index (κ3) is 46.2. The molecule has 1 fully saturated rings. The molecule has 1 rings (SSSR count). The predicted molar refractivity (Wildman–Crippen MR) is 347 cm³/mol. The van der Waals surface area contributed by atoms with E-state index in [9.17, 15) is 35.1 Å². The van der Waals surface area contributed by atoms with E-state index in [2.05, 4.69) is 111 Å². The van der Waals surface area contributed by atoms with Crippen molar-refractivity contribution in [2.45, 2.75) is 320 Å². The highest BCUT2D eigenvalue weighted by Crippen LogP contribution is 2.26. The van der Waals surface area contributed by atoms with Crippen LogP contribution in [0.1, 0.15) is 271 Å². The SMILES string of the molecule is CC/C=C\C/C=C\C/C=C\C/C=C\C/C=C\CCCC(=O)OC1C(OCC(NC(=O)C(O)CCCCCCCCCCCCC/C=C\C/C=C\C/C=C\CCCCC)C(O)/C=C/CCCCCCCCCCCCC)OC(CO)C(O)C1O. The standard InChI is InChI=1S/C72H123NO10/c1-4-7-10-13-16-19-22-25-27-29-30-31-32-33-34-35-37-38-41-44-47-50-53-56-59-65(76)71(80)73-63(64(75)58-55-52-49-46-43-40-24-21-18-15-12-9-6-3)62-81-72-70(69(79)68(78)66(61-74)82-72)83-67(77)60-57-54-51-48-45-42-39-36-28-26-23-20-17-14-11-8-5-2/h8,11,16-17,19-20,25-28,30-31,39,42,48,51,55,58,63-66,68-70,72,74-76,78-79H,4-7,9-10,12-15,18,21-24,29,32-38,40-41,43-47,49-50,52-54,56-57,59-62H2,1-3H3,(H,73,80)/b11-8-,19-16-,20-17-,27-25-,28-26-,31-30-,42-39-,51-48-,58-55+. The summed E-state index contributed by atoms with van der Waals surface area (Å²) in [5, 5.41) is 57.1. The fourth-order valence-electron chi connectivity index (χ4n) is 9.87. The number of amides is 1. The summed E-state index contributed by atoms with van der Waals surface area (Å²) >= 11 is 0. The molecule has 8 atom stereocenters. The Kier molecular flexibility index (Phi) is 54.7. The lowest BCUT2D eigenvalue weighted by atomic mass is 9.99. The molecule has 0 aromatic carbocycles. The van der Waals surface area contributed by atoms with Crippen molar-refractivity contribution in [3.8, 4) is 0 Å². The Balaban J connectivity index is 2.66. The lowest BCUT2D eigenvalue weighted by Crippen LogP contribution is -2.61. The first-order valence-corrected chi connectivity index (χ1v) is 33.7. The van der Waals surface area contributed by atoms with Crippen LogP contribution in [0.25, 0.3) is 0 Å². The van der Waals surface area contributed by atoms with Gasteiger partial charge in [-0.3, -0.25) is 9.59 Å². The van der Waals surface area contributed by atoms with Crippen LogP contribution in [0.15, 0.2) is 109 Å². The summed E-state index contributed by atoms with van der Waals surface area (Å²) in [6, 6.07) is -1.04. The Hall–Kier alpha value is -3.68. The summed E-state index contributed by atoms with van der Waals surface area (Å²) in [6.07, 6.45) is 69.9. The number of ether oxygens (including phenoxy) is 3. The minimum Gasteiger partial charge on any atom is -0.454 e. The van der Waals surface area contributed by atoms with E-state index in [0.29, 0.717) is 19.3 Å². The summed E-state index contributed by atoms with van der Waals surface area (Å²) in [5.74, 6) is -1.26. The lowest BCUT2D eigenvalue weighted by molar-refractivity contribution is -0.305. The average molecular weight is 1160 g/mol. The van der Waals surface area contributed by atoms with Crippen molar-refractivity contribution < 1.29 is 49.3 Å². The Morgan fingerprint density at radius 1 is 0.482 bits per heavy atom. The van der Waals surface area contributed by atoms with E-state index in [0.717, 1.165) is 89.9 Å². The number of allylic oxidation sites excluding steroid dienone is 17.